The lowest BCUT2D eigenvalue weighted by atomic mass is 9.91. The van der Waals surface area contributed by atoms with Gasteiger partial charge in [0, 0.05) is 42.8 Å². The molecule has 7 nitrogen and oxygen atoms in total. The fourth-order valence-electron chi connectivity index (χ4n) is 8.19. The third-order valence-electron chi connectivity index (χ3n) is 10.4. The molecule has 1 N–H and O–H groups in total. The Labute approximate surface area is 263 Å². The van der Waals surface area contributed by atoms with Crippen LogP contribution in [0.25, 0.3) is 22.2 Å². The molecule has 0 amide bonds. The van der Waals surface area contributed by atoms with E-state index in [1.807, 2.05) is 0 Å². The van der Waals surface area contributed by atoms with Crippen LogP contribution in [0, 0.1) is 11.7 Å². The molecule has 6 bridgehead atoms. The van der Waals surface area contributed by atoms with Crippen LogP contribution in [-0.4, -0.2) is 69.5 Å². The Hall–Kier alpha value is -2.78. The van der Waals surface area contributed by atoms with Gasteiger partial charge in [0.1, 0.15) is 35.6 Å². The maximum absolute atomic E-state index is 16.7. The van der Waals surface area contributed by atoms with Crippen LogP contribution in [0.15, 0.2) is 18.3 Å². The molecule has 5 aliphatic rings. The van der Waals surface area contributed by atoms with Gasteiger partial charge in [0.2, 0.25) is 0 Å². The smallest absolute Gasteiger partial charge is 0.319 e. The summed E-state index contributed by atoms with van der Waals surface area (Å²) in [5.74, 6) is 0.571. The normalized spacial score (nSPS) is 26.5. The number of piperidine rings is 1. The number of aromatic nitrogens is 3. The number of pyridine rings is 1. The van der Waals surface area contributed by atoms with Crippen molar-refractivity contribution in [1.29, 1.82) is 0 Å². The zero-order valence-electron chi connectivity index (χ0n) is 25.3. The van der Waals surface area contributed by atoms with Gasteiger partial charge in [-0.15, -0.1) is 0 Å². The first-order valence-corrected chi connectivity index (χ1v) is 16.9. The summed E-state index contributed by atoms with van der Waals surface area (Å²) in [6.07, 6.45) is 14.0. The molecule has 0 saturated carbocycles. The molecule has 3 fully saturated rings. The lowest BCUT2D eigenvalue weighted by Gasteiger charge is -2.34. The molecule has 2 aromatic heterocycles. The van der Waals surface area contributed by atoms with Crippen LogP contribution in [0.3, 0.4) is 0 Å². The summed E-state index contributed by atoms with van der Waals surface area (Å²) in [5.41, 5.74) is 1.14. The fraction of sp³-hybridized carbons (Fsp3) is 0.618. The molecule has 0 radical (unpaired) electrons. The van der Waals surface area contributed by atoms with Gasteiger partial charge in [-0.3, -0.25) is 9.88 Å². The molecule has 3 aromatic rings. The van der Waals surface area contributed by atoms with E-state index in [4.69, 9.17) is 21.3 Å². The van der Waals surface area contributed by atoms with Crippen LogP contribution in [0.4, 0.5) is 14.6 Å². The van der Waals surface area contributed by atoms with Crippen LogP contribution in [0.1, 0.15) is 82.6 Å². The third kappa shape index (κ3) is 5.82. The third-order valence-corrected chi connectivity index (χ3v) is 10.8. The summed E-state index contributed by atoms with van der Waals surface area (Å²) in [5, 5.41) is 11.4. The van der Waals surface area contributed by atoms with E-state index < -0.39 is 12.0 Å². The number of alkyl halides is 1. The van der Waals surface area contributed by atoms with E-state index in [-0.39, 0.29) is 35.1 Å². The minimum atomic E-state index is -0.869. The number of fused-ring (bicyclic) bond motifs is 9. The number of phenolic OH excluding ortho intramolecular Hbond substituents is 1. The van der Waals surface area contributed by atoms with Gasteiger partial charge in [0.15, 0.2) is 5.82 Å². The number of ether oxygens (including phenoxy) is 1. The van der Waals surface area contributed by atoms with Crippen LogP contribution in [0.5, 0.6) is 11.8 Å². The summed E-state index contributed by atoms with van der Waals surface area (Å²) in [7, 11) is 0. The Kier molecular flexibility index (Phi) is 8.53. The molecule has 7 heterocycles. The van der Waals surface area contributed by atoms with Gasteiger partial charge in [-0.25, -0.2) is 8.78 Å². The summed E-state index contributed by atoms with van der Waals surface area (Å²) in [4.78, 5) is 18.6. The quantitative estimate of drug-likeness (QED) is 0.320. The molecule has 3 saturated heterocycles. The van der Waals surface area contributed by atoms with E-state index in [9.17, 15) is 9.50 Å². The van der Waals surface area contributed by atoms with Crippen LogP contribution < -0.4 is 9.64 Å². The zero-order chi connectivity index (χ0) is 30.3. The van der Waals surface area contributed by atoms with E-state index >= 15 is 4.39 Å². The molecule has 44 heavy (non-hydrogen) atoms. The summed E-state index contributed by atoms with van der Waals surface area (Å²) < 4.78 is 37.5. The molecular formula is C34H42ClF2N5O2. The monoisotopic (exact) mass is 625 g/mol. The predicted molar refractivity (Wildman–Crippen MR) is 169 cm³/mol. The van der Waals surface area contributed by atoms with E-state index in [1.54, 1.807) is 12.3 Å². The largest absolute Gasteiger partial charge is 0.508 e. The standard InChI is InChI=1S/C34H42ClF2N5O2/c35-28-16-24(43)15-26-25(28)11-6-4-2-1-3-5-9-22-10-7-13-41(19-22)32-27-18-38-30(26)29(37)31(27)39-33(40-32)44-21-34-12-8-14-42(34)20-23(36)17-34/h15-16,18,22-23,43H,1-14,17,19-21H2/t22?,23-,34+/m1/s1. The molecular weight excluding hydrogens is 584 g/mol. The fourth-order valence-corrected chi connectivity index (χ4v) is 8.49. The first-order valence-electron chi connectivity index (χ1n) is 16.5. The average Bonchev–Trinajstić information content (AvgIpc) is 3.53. The minimum Gasteiger partial charge on any atom is -0.508 e. The molecule has 10 heteroatoms. The van der Waals surface area contributed by atoms with Crippen molar-refractivity contribution in [3.63, 3.8) is 0 Å². The van der Waals surface area contributed by atoms with E-state index in [0.29, 0.717) is 47.1 Å². The Morgan fingerprint density at radius 2 is 1.82 bits per heavy atom. The van der Waals surface area contributed by atoms with Crippen LogP contribution >= 0.6 is 11.6 Å². The number of benzene rings is 1. The van der Waals surface area contributed by atoms with E-state index in [1.165, 1.54) is 38.2 Å². The number of aromatic hydroxyl groups is 1. The zero-order valence-corrected chi connectivity index (χ0v) is 26.1. The summed E-state index contributed by atoms with van der Waals surface area (Å²) >= 11 is 6.64. The maximum Gasteiger partial charge on any atom is 0.319 e. The highest BCUT2D eigenvalue weighted by molar-refractivity contribution is 6.32. The number of nitrogens with zero attached hydrogens (tertiary/aromatic N) is 5. The second-order valence-electron chi connectivity index (χ2n) is 13.4. The number of anilines is 1. The van der Waals surface area contributed by atoms with Crippen molar-refractivity contribution in [2.24, 2.45) is 5.92 Å². The number of hydrogen-bond acceptors (Lipinski definition) is 7. The second kappa shape index (κ2) is 12.5. The van der Waals surface area contributed by atoms with Gasteiger partial charge in [0.05, 0.1) is 10.9 Å². The molecule has 1 aromatic carbocycles. The Balaban J connectivity index is 1.33. The summed E-state index contributed by atoms with van der Waals surface area (Å²) in [6.45, 7) is 3.23. The van der Waals surface area contributed by atoms with Crippen molar-refractivity contribution < 1.29 is 18.6 Å². The van der Waals surface area contributed by atoms with Crippen LogP contribution in [-0.2, 0) is 6.42 Å². The topological polar surface area (TPSA) is 74.6 Å². The molecule has 8 rings (SSSR count). The predicted octanol–water partition coefficient (Wildman–Crippen LogP) is 7.65. The highest BCUT2D eigenvalue weighted by atomic mass is 35.5. The Bertz CT molecular complexity index is 1530. The van der Waals surface area contributed by atoms with E-state index in [0.717, 1.165) is 63.7 Å². The van der Waals surface area contributed by atoms with Crippen molar-refractivity contribution >= 4 is 28.3 Å². The molecule has 5 aliphatic heterocycles. The number of hydrogen-bond donors (Lipinski definition) is 1. The van der Waals surface area contributed by atoms with Crippen molar-refractivity contribution in [3.05, 3.63) is 34.7 Å². The molecule has 3 atom stereocenters. The first kappa shape index (κ1) is 29.9. The molecule has 0 spiro atoms. The van der Waals surface area contributed by atoms with Gasteiger partial charge in [0.25, 0.3) is 0 Å². The van der Waals surface area contributed by atoms with Gasteiger partial charge in [-0.1, -0.05) is 43.7 Å². The molecule has 0 aliphatic carbocycles. The lowest BCUT2D eigenvalue weighted by Crippen LogP contribution is -2.43. The van der Waals surface area contributed by atoms with Gasteiger partial charge in [-0.05, 0) is 75.1 Å². The summed E-state index contributed by atoms with van der Waals surface area (Å²) in [6, 6.07) is 3.17. The molecule has 236 valence electrons. The molecule has 1 unspecified atom stereocenters. The minimum absolute atomic E-state index is 0.0351. The Morgan fingerprint density at radius 3 is 2.70 bits per heavy atom. The SMILES string of the molecule is Oc1cc(Cl)c2c(c1)-c1ncc3c(nc(OC[C@@]45CCCN4C[C@H](F)C5)nc3c1F)N1CCCC(CCCCCCCC2)C1. The van der Waals surface area contributed by atoms with Gasteiger partial charge in [-0.2, -0.15) is 9.97 Å². The van der Waals surface area contributed by atoms with Crippen molar-refractivity contribution in [2.45, 2.75) is 95.2 Å². The highest BCUT2D eigenvalue weighted by Gasteiger charge is 2.49. The Morgan fingerprint density at radius 1 is 1.00 bits per heavy atom. The van der Waals surface area contributed by atoms with E-state index in [2.05, 4.69) is 19.8 Å². The van der Waals surface area contributed by atoms with Gasteiger partial charge >= 0.3 is 6.01 Å². The van der Waals surface area contributed by atoms with Crippen molar-refractivity contribution in [3.8, 4) is 23.0 Å². The highest BCUT2D eigenvalue weighted by Crippen LogP contribution is 2.42. The van der Waals surface area contributed by atoms with Crippen molar-refractivity contribution in [1.82, 2.24) is 19.9 Å². The van der Waals surface area contributed by atoms with Crippen LogP contribution in [0.2, 0.25) is 5.02 Å². The lowest BCUT2D eigenvalue weighted by molar-refractivity contribution is 0.107. The maximum atomic E-state index is 16.7. The first-order chi connectivity index (χ1) is 21.4. The number of halogens is 3. The van der Waals surface area contributed by atoms with Gasteiger partial charge < -0.3 is 14.7 Å². The average molecular weight is 626 g/mol. The second-order valence-corrected chi connectivity index (χ2v) is 13.9. The number of rotatable bonds is 3. The number of phenols is 1. The van der Waals surface area contributed by atoms with Crippen molar-refractivity contribution in [2.75, 3.05) is 37.7 Å².